The second-order valence-corrected chi connectivity index (χ2v) is 4.23. The molecule has 0 saturated heterocycles. The smallest absolute Gasteiger partial charge is 0.337 e. The van der Waals surface area contributed by atoms with Crippen LogP contribution in [0, 0.1) is 0 Å². The Balaban J connectivity index is 2.06. The molecule has 2 aromatic carbocycles. The average molecular weight is 286 g/mol. The van der Waals surface area contributed by atoms with Crippen LogP contribution in [0.5, 0.6) is 0 Å². The van der Waals surface area contributed by atoms with Gasteiger partial charge >= 0.3 is 11.9 Å². The number of aromatic carboxylic acids is 2. The van der Waals surface area contributed by atoms with Gasteiger partial charge < -0.3 is 20.8 Å². The van der Waals surface area contributed by atoms with Gasteiger partial charge in [0.25, 0.3) is 0 Å². The second-order valence-electron chi connectivity index (χ2n) is 4.23. The van der Waals surface area contributed by atoms with Gasteiger partial charge in [-0.1, -0.05) is 24.3 Å². The molecule has 0 heterocycles. The summed E-state index contributed by atoms with van der Waals surface area (Å²) in [5.74, 6) is -2.05. The van der Waals surface area contributed by atoms with E-state index >= 15 is 0 Å². The Labute approximate surface area is 121 Å². The van der Waals surface area contributed by atoms with Crippen molar-refractivity contribution < 1.29 is 19.8 Å². The molecule has 0 unspecified atom stereocenters. The maximum atomic E-state index is 11.1. The molecule has 2 rings (SSSR count). The predicted octanol–water partition coefficient (Wildman–Crippen LogP) is 2.56. The fourth-order valence-corrected chi connectivity index (χ4v) is 1.88. The number of hydrogen-bond acceptors (Lipinski definition) is 4. The van der Waals surface area contributed by atoms with Crippen molar-refractivity contribution in [1.29, 1.82) is 0 Å². The fourth-order valence-electron chi connectivity index (χ4n) is 1.88. The number of carboxylic acid groups (broad SMARTS) is 2. The van der Waals surface area contributed by atoms with E-state index < -0.39 is 11.9 Å². The molecule has 0 aliphatic rings. The lowest BCUT2D eigenvalue weighted by atomic mass is 10.2. The zero-order valence-electron chi connectivity index (χ0n) is 11.0. The summed E-state index contributed by atoms with van der Waals surface area (Å²) in [4.78, 5) is 22.1. The number of benzene rings is 2. The van der Waals surface area contributed by atoms with Crippen molar-refractivity contribution in [2.45, 2.75) is 0 Å². The quantitative estimate of drug-likeness (QED) is 0.609. The van der Waals surface area contributed by atoms with E-state index in [-0.39, 0.29) is 17.8 Å². The first-order valence-corrected chi connectivity index (χ1v) is 6.22. The minimum absolute atomic E-state index is 0.158. The summed E-state index contributed by atoms with van der Waals surface area (Å²) in [5.41, 5.74) is 1.24. The molecule has 4 N–H and O–H groups in total. The van der Waals surface area contributed by atoms with Gasteiger partial charge in [0.2, 0.25) is 0 Å². The Morgan fingerprint density at radius 1 is 0.762 bits per heavy atom. The molecule has 0 spiro atoms. The van der Waals surface area contributed by atoms with Crippen molar-refractivity contribution in [3.8, 4) is 0 Å². The Bertz CT molecular complexity index is 613. The number of anilines is 2. The molecule has 0 radical (unpaired) electrons. The second kappa shape index (κ2) is 6.42. The molecule has 0 saturated carbocycles. The first kappa shape index (κ1) is 14.4. The van der Waals surface area contributed by atoms with Crippen LogP contribution in [0.3, 0.4) is 0 Å². The maximum absolute atomic E-state index is 11.1. The van der Waals surface area contributed by atoms with Gasteiger partial charge in [0.1, 0.15) is 0 Å². The van der Waals surface area contributed by atoms with E-state index in [0.29, 0.717) is 11.4 Å². The molecule has 0 fully saturated rings. The number of rotatable bonds is 6. The number of nitrogens with one attached hydrogen (secondary N) is 2. The van der Waals surface area contributed by atoms with Gasteiger partial charge in [-0.2, -0.15) is 0 Å². The minimum atomic E-state index is -1.02. The molecule has 2 aromatic rings. The van der Waals surface area contributed by atoms with Gasteiger partial charge in [-0.25, -0.2) is 9.59 Å². The van der Waals surface area contributed by atoms with E-state index in [1.165, 1.54) is 12.1 Å². The maximum Gasteiger partial charge on any atom is 0.337 e. The number of carboxylic acids is 2. The van der Waals surface area contributed by atoms with Crippen molar-refractivity contribution in [3.63, 3.8) is 0 Å². The third kappa shape index (κ3) is 3.50. The van der Waals surface area contributed by atoms with Crippen LogP contribution >= 0.6 is 0 Å². The molecule has 0 amide bonds. The number of hydrogen-bond donors (Lipinski definition) is 4. The molecule has 0 bridgehead atoms. The lowest BCUT2D eigenvalue weighted by molar-refractivity contribution is 0.0687. The summed E-state index contributed by atoms with van der Waals surface area (Å²) >= 11 is 0. The van der Waals surface area contributed by atoms with Crippen LogP contribution < -0.4 is 10.6 Å². The standard InChI is InChI=1S/C15H14N2O4/c18-14(19)10-5-1-3-7-12(10)16-9-17-13-8-4-2-6-11(13)15(20)21/h1-8,16-17H,9H2,(H,18,19)(H,20,21). The number of para-hydroxylation sites is 2. The highest BCUT2D eigenvalue weighted by atomic mass is 16.4. The molecular formula is C15H14N2O4. The van der Waals surface area contributed by atoms with Crippen LogP contribution in [0.2, 0.25) is 0 Å². The third-order valence-corrected chi connectivity index (χ3v) is 2.87. The SMILES string of the molecule is O=C(O)c1ccccc1NCNc1ccccc1C(=O)O. The van der Waals surface area contributed by atoms with E-state index in [1.54, 1.807) is 36.4 Å². The van der Waals surface area contributed by atoms with Crippen molar-refractivity contribution in [2.75, 3.05) is 17.3 Å². The highest BCUT2D eigenvalue weighted by molar-refractivity contribution is 5.95. The van der Waals surface area contributed by atoms with Gasteiger partial charge in [0.15, 0.2) is 0 Å². The lowest BCUT2D eigenvalue weighted by Crippen LogP contribution is -2.16. The molecule has 6 nitrogen and oxygen atoms in total. The van der Waals surface area contributed by atoms with Gasteiger partial charge in [-0.3, -0.25) is 0 Å². The van der Waals surface area contributed by atoms with Crippen LogP contribution in [0.25, 0.3) is 0 Å². The van der Waals surface area contributed by atoms with Crippen LogP contribution in [-0.2, 0) is 0 Å². The van der Waals surface area contributed by atoms with Crippen LogP contribution in [0.15, 0.2) is 48.5 Å². The molecule has 0 atom stereocenters. The average Bonchev–Trinajstić information content (AvgIpc) is 2.48. The molecule has 21 heavy (non-hydrogen) atoms. The topological polar surface area (TPSA) is 98.7 Å². The van der Waals surface area contributed by atoms with Crippen LogP contribution in [-0.4, -0.2) is 28.8 Å². The Hall–Kier alpha value is -3.02. The Kier molecular flexibility index (Phi) is 4.40. The van der Waals surface area contributed by atoms with Gasteiger partial charge in [0, 0.05) is 0 Å². The fraction of sp³-hybridized carbons (Fsp3) is 0.0667. The highest BCUT2D eigenvalue weighted by Crippen LogP contribution is 2.17. The van der Waals surface area contributed by atoms with E-state index in [4.69, 9.17) is 10.2 Å². The predicted molar refractivity (Wildman–Crippen MR) is 78.9 cm³/mol. The molecular weight excluding hydrogens is 272 g/mol. The van der Waals surface area contributed by atoms with Crippen molar-refractivity contribution in [2.24, 2.45) is 0 Å². The zero-order valence-corrected chi connectivity index (χ0v) is 11.0. The number of carbonyl (C=O) groups is 2. The molecule has 0 aliphatic carbocycles. The van der Waals surface area contributed by atoms with Crippen molar-refractivity contribution in [3.05, 3.63) is 59.7 Å². The Morgan fingerprint density at radius 2 is 1.14 bits per heavy atom. The van der Waals surface area contributed by atoms with Crippen LogP contribution in [0.1, 0.15) is 20.7 Å². The summed E-state index contributed by atoms with van der Waals surface area (Å²) in [6, 6.07) is 13.0. The normalized spacial score (nSPS) is 9.90. The monoisotopic (exact) mass is 286 g/mol. The highest BCUT2D eigenvalue weighted by Gasteiger charge is 2.10. The van der Waals surface area contributed by atoms with E-state index in [1.807, 2.05) is 0 Å². The van der Waals surface area contributed by atoms with Crippen molar-refractivity contribution in [1.82, 2.24) is 0 Å². The zero-order chi connectivity index (χ0) is 15.2. The van der Waals surface area contributed by atoms with Gasteiger partial charge in [-0.05, 0) is 24.3 Å². The third-order valence-electron chi connectivity index (χ3n) is 2.87. The van der Waals surface area contributed by atoms with E-state index in [9.17, 15) is 9.59 Å². The summed E-state index contributed by atoms with van der Waals surface area (Å²) in [5, 5.41) is 24.0. The molecule has 0 aliphatic heterocycles. The first-order chi connectivity index (χ1) is 10.1. The largest absolute Gasteiger partial charge is 0.478 e. The minimum Gasteiger partial charge on any atom is -0.478 e. The van der Waals surface area contributed by atoms with E-state index in [2.05, 4.69) is 10.6 Å². The Morgan fingerprint density at radius 3 is 1.52 bits per heavy atom. The molecule has 0 aromatic heterocycles. The molecule has 6 heteroatoms. The molecule has 108 valence electrons. The lowest BCUT2D eigenvalue weighted by Gasteiger charge is -2.12. The van der Waals surface area contributed by atoms with Gasteiger partial charge in [-0.15, -0.1) is 0 Å². The van der Waals surface area contributed by atoms with Crippen molar-refractivity contribution >= 4 is 23.3 Å². The van der Waals surface area contributed by atoms with Crippen LogP contribution in [0.4, 0.5) is 11.4 Å². The van der Waals surface area contributed by atoms with E-state index in [0.717, 1.165) is 0 Å². The summed E-state index contributed by atoms with van der Waals surface area (Å²) < 4.78 is 0. The first-order valence-electron chi connectivity index (χ1n) is 6.22. The van der Waals surface area contributed by atoms with Gasteiger partial charge in [0.05, 0.1) is 29.2 Å². The summed E-state index contributed by atoms with van der Waals surface area (Å²) in [6.07, 6.45) is 0. The summed E-state index contributed by atoms with van der Waals surface area (Å²) in [7, 11) is 0. The summed E-state index contributed by atoms with van der Waals surface area (Å²) in [6.45, 7) is 0.203.